The number of imidazole rings is 1. The molecule has 3 heterocycles. The molecule has 0 amide bonds. The Labute approximate surface area is 135 Å². The Morgan fingerprint density at radius 1 is 1.50 bits per heavy atom. The topological polar surface area (TPSA) is 156 Å². The molecule has 11 heteroatoms. The smallest absolute Gasteiger partial charge is 0.348 e. The van der Waals surface area contributed by atoms with E-state index in [2.05, 4.69) is 15.0 Å². The van der Waals surface area contributed by atoms with Crippen LogP contribution >= 0.6 is 7.60 Å². The van der Waals surface area contributed by atoms with E-state index in [-0.39, 0.29) is 16.9 Å². The summed E-state index contributed by atoms with van der Waals surface area (Å²) in [6, 6.07) is 0. The Bertz CT molecular complexity index is 940. The van der Waals surface area contributed by atoms with Gasteiger partial charge in [-0.1, -0.05) is 0 Å². The van der Waals surface area contributed by atoms with Gasteiger partial charge in [0.15, 0.2) is 11.2 Å². The van der Waals surface area contributed by atoms with Gasteiger partial charge in [0.2, 0.25) is 5.95 Å². The minimum Gasteiger partial charge on any atom is -0.369 e. The molecule has 4 rings (SSSR count). The lowest BCUT2D eigenvalue weighted by Crippen LogP contribution is -2.18. The van der Waals surface area contributed by atoms with E-state index in [1.807, 2.05) is 0 Å². The fourth-order valence-electron chi connectivity index (χ4n) is 3.27. The lowest BCUT2D eigenvalue weighted by Gasteiger charge is -2.19. The maximum Gasteiger partial charge on any atom is 0.348 e. The summed E-state index contributed by atoms with van der Waals surface area (Å²) in [6.07, 6.45) is 4.57. The SMILES string of the molecule is Nc1nc2c(ncn2[C@@H]2O[C@H](/C=C/P(=O)(O)O)CC23CC3)c(=O)[nH]1. The first kappa shape index (κ1) is 15.5. The first-order valence-corrected chi connectivity index (χ1v) is 9.08. The molecule has 24 heavy (non-hydrogen) atoms. The molecule has 2 aromatic rings. The Morgan fingerprint density at radius 3 is 2.92 bits per heavy atom. The van der Waals surface area contributed by atoms with Crippen molar-refractivity contribution >= 4 is 24.7 Å². The minimum absolute atomic E-state index is 0.00459. The number of anilines is 1. The van der Waals surface area contributed by atoms with Gasteiger partial charge in [0, 0.05) is 11.2 Å². The number of hydrogen-bond acceptors (Lipinski definition) is 6. The second-order valence-electron chi connectivity index (χ2n) is 6.30. The van der Waals surface area contributed by atoms with Crippen molar-refractivity contribution in [3.8, 4) is 0 Å². The Morgan fingerprint density at radius 2 is 2.25 bits per heavy atom. The van der Waals surface area contributed by atoms with Crippen molar-refractivity contribution in [2.45, 2.75) is 31.6 Å². The number of aromatic nitrogens is 4. The quantitative estimate of drug-likeness (QED) is 0.580. The van der Waals surface area contributed by atoms with E-state index in [0.717, 1.165) is 18.7 Å². The van der Waals surface area contributed by atoms with Crippen molar-refractivity contribution in [1.29, 1.82) is 0 Å². The normalized spacial score (nSPS) is 25.9. The van der Waals surface area contributed by atoms with E-state index in [1.165, 1.54) is 12.4 Å². The Hall–Kier alpha value is -2.00. The number of nitrogens with zero attached hydrogens (tertiary/aromatic N) is 3. The van der Waals surface area contributed by atoms with Gasteiger partial charge < -0.3 is 20.3 Å². The Balaban J connectivity index is 1.71. The summed E-state index contributed by atoms with van der Waals surface area (Å²) in [4.78, 5) is 40.5. The van der Waals surface area contributed by atoms with Gasteiger partial charge in [0.25, 0.3) is 5.56 Å². The second-order valence-corrected chi connectivity index (χ2v) is 7.78. The maximum atomic E-state index is 11.9. The third-order valence-electron chi connectivity index (χ3n) is 4.53. The van der Waals surface area contributed by atoms with Crippen LogP contribution in [0.2, 0.25) is 0 Å². The summed E-state index contributed by atoms with van der Waals surface area (Å²) >= 11 is 0. The third-order valence-corrected chi connectivity index (χ3v) is 5.09. The lowest BCUT2D eigenvalue weighted by molar-refractivity contribution is 0.00234. The minimum atomic E-state index is -4.23. The first-order chi connectivity index (χ1) is 11.3. The zero-order chi connectivity index (χ0) is 17.1. The number of fused-ring (bicyclic) bond motifs is 1. The highest BCUT2D eigenvalue weighted by atomic mass is 31.2. The molecule has 1 saturated heterocycles. The molecule has 2 fully saturated rings. The number of rotatable bonds is 3. The standard InChI is InChI=1S/C13H16N5O5P/c14-12-16-9-8(10(19)17-12)15-6-18(9)11-13(2-3-13)5-7(23-11)1-4-24(20,21)22/h1,4,6-7,11H,2-3,5H2,(H2,20,21,22)(H3,14,16,17,19)/b4-1+/t7-,11-/m1/s1. The van der Waals surface area contributed by atoms with Crippen molar-refractivity contribution in [2.75, 3.05) is 5.73 Å². The molecule has 2 aliphatic rings. The summed E-state index contributed by atoms with van der Waals surface area (Å²) < 4.78 is 18.6. The van der Waals surface area contributed by atoms with Crippen molar-refractivity contribution in [2.24, 2.45) is 5.41 Å². The summed E-state index contributed by atoms with van der Waals surface area (Å²) in [6.45, 7) is 0. The lowest BCUT2D eigenvalue weighted by atomic mass is 10.0. The van der Waals surface area contributed by atoms with Crippen LogP contribution < -0.4 is 11.3 Å². The summed E-state index contributed by atoms with van der Waals surface area (Å²) in [7, 11) is -4.23. The monoisotopic (exact) mass is 353 g/mol. The van der Waals surface area contributed by atoms with Crippen LogP contribution in [0.5, 0.6) is 0 Å². The van der Waals surface area contributed by atoms with Gasteiger partial charge >= 0.3 is 7.60 Å². The third kappa shape index (κ3) is 2.57. The molecule has 5 N–H and O–H groups in total. The largest absolute Gasteiger partial charge is 0.369 e. The molecule has 1 aliphatic heterocycles. The molecule has 2 atom stereocenters. The molecule has 0 bridgehead atoms. The summed E-state index contributed by atoms with van der Waals surface area (Å²) in [5.74, 6) is 0.860. The fraction of sp³-hybridized carbons (Fsp3) is 0.462. The van der Waals surface area contributed by atoms with Crippen LogP contribution in [0.3, 0.4) is 0 Å². The molecular weight excluding hydrogens is 337 g/mol. The molecule has 1 aliphatic carbocycles. The predicted octanol–water partition coefficient (Wildman–Crippen LogP) is 0.461. The molecule has 0 radical (unpaired) electrons. The van der Waals surface area contributed by atoms with Gasteiger partial charge in [-0.2, -0.15) is 4.98 Å². The van der Waals surface area contributed by atoms with Crippen molar-refractivity contribution in [1.82, 2.24) is 19.5 Å². The van der Waals surface area contributed by atoms with E-state index in [9.17, 15) is 9.36 Å². The van der Waals surface area contributed by atoms with Crippen LogP contribution in [0.1, 0.15) is 25.5 Å². The highest BCUT2D eigenvalue weighted by Gasteiger charge is 2.57. The van der Waals surface area contributed by atoms with E-state index in [1.54, 1.807) is 4.57 Å². The van der Waals surface area contributed by atoms with E-state index < -0.39 is 25.5 Å². The van der Waals surface area contributed by atoms with Gasteiger partial charge in [-0.25, -0.2) is 4.98 Å². The van der Waals surface area contributed by atoms with Crippen LogP contribution in [0.15, 0.2) is 23.0 Å². The number of ether oxygens (including phenoxy) is 1. The zero-order valence-electron chi connectivity index (χ0n) is 12.5. The number of hydrogen-bond donors (Lipinski definition) is 4. The van der Waals surface area contributed by atoms with Gasteiger partial charge in [-0.05, 0) is 25.3 Å². The van der Waals surface area contributed by atoms with Crippen molar-refractivity contribution in [3.63, 3.8) is 0 Å². The van der Waals surface area contributed by atoms with Crippen LogP contribution in [-0.4, -0.2) is 35.4 Å². The van der Waals surface area contributed by atoms with E-state index in [0.29, 0.717) is 12.1 Å². The molecule has 0 aromatic carbocycles. The number of H-pyrrole nitrogens is 1. The van der Waals surface area contributed by atoms with Crippen molar-refractivity contribution < 1.29 is 19.1 Å². The van der Waals surface area contributed by atoms with E-state index in [4.69, 9.17) is 20.3 Å². The Kier molecular flexibility index (Phi) is 3.23. The predicted molar refractivity (Wildman–Crippen MR) is 83.9 cm³/mol. The zero-order valence-corrected chi connectivity index (χ0v) is 13.4. The highest BCUT2D eigenvalue weighted by molar-refractivity contribution is 7.55. The van der Waals surface area contributed by atoms with Crippen molar-refractivity contribution in [3.05, 3.63) is 28.6 Å². The summed E-state index contributed by atoms with van der Waals surface area (Å²) in [5.41, 5.74) is 5.58. The van der Waals surface area contributed by atoms with Gasteiger partial charge in [-0.15, -0.1) is 0 Å². The molecular formula is C13H16N5O5P. The molecule has 10 nitrogen and oxygen atoms in total. The van der Waals surface area contributed by atoms with Crippen LogP contribution in [0.4, 0.5) is 5.95 Å². The molecule has 1 spiro atoms. The van der Waals surface area contributed by atoms with Gasteiger partial charge in [0.1, 0.15) is 6.23 Å². The van der Waals surface area contributed by atoms with E-state index >= 15 is 0 Å². The second kappa shape index (κ2) is 5.00. The van der Waals surface area contributed by atoms with Gasteiger partial charge in [-0.3, -0.25) is 18.9 Å². The van der Waals surface area contributed by atoms with Crippen LogP contribution in [0, 0.1) is 5.41 Å². The molecule has 0 unspecified atom stereocenters. The van der Waals surface area contributed by atoms with Crippen LogP contribution in [-0.2, 0) is 9.30 Å². The fourth-order valence-corrected chi connectivity index (χ4v) is 3.68. The number of nitrogen functional groups attached to an aromatic ring is 1. The summed E-state index contributed by atoms with van der Waals surface area (Å²) in [5, 5.41) is 0. The van der Waals surface area contributed by atoms with Crippen LogP contribution in [0.25, 0.3) is 11.2 Å². The molecule has 128 valence electrons. The van der Waals surface area contributed by atoms with Gasteiger partial charge in [0.05, 0.1) is 12.4 Å². The first-order valence-electron chi connectivity index (χ1n) is 7.40. The number of nitrogens with two attached hydrogens (primary N) is 1. The average Bonchev–Trinajstić information content (AvgIpc) is 2.97. The molecule has 1 saturated carbocycles. The molecule has 2 aromatic heterocycles. The highest BCUT2D eigenvalue weighted by Crippen LogP contribution is 2.63. The number of nitrogens with one attached hydrogen (secondary N) is 1. The average molecular weight is 353 g/mol. The maximum absolute atomic E-state index is 11.9. The number of aromatic amines is 1.